The summed E-state index contributed by atoms with van der Waals surface area (Å²) < 4.78 is 5.68. The van der Waals surface area contributed by atoms with Gasteiger partial charge in [0.15, 0.2) is 0 Å². The van der Waals surface area contributed by atoms with Crippen LogP contribution in [0, 0.1) is 6.92 Å². The summed E-state index contributed by atoms with van der Waals surface area (Å²) >= 11 is 6.06. The zero-order chi connectivity index (χ0) is 16.7. The minimum Gasteiger partial charge on any atom is -0.423 e. The first-order valence-corrected chi connectivity index (χ1v) is 7.91. The molecule has 1 aliphatic heterocycles. The summed E-state index contributed by atoms with van der Waals surface area (Å²) in [4.78, 5) is 10.3. The Morgan fingerprint density at radius 2 is 2.00 bits per heavy atom. The molecule has 0 radical (unpaired) electrons. The minimum absolute atomic E-state index is 0.133. The number of fused-ring (bicyclic) bond motifs is 1. The van der Waals surface area contributed by atoms with Crippen molar-refractivity contribution in [3.8, 4) is 0 Å². The Balaban J connectivity index is 1.81. The first-order chi connectivity index (χ1) is 11.6. The van der Waals surface area contributed by atoms with Gasteiger partial charge in [0.1, 0.15) is 17.0 Å². The maximum atomic E-state index is 6.06. The van der Waals surface area contributed by atoms with Crippen molar-refractivity contribution >= 4 is 23.4 Å². The number of rotatable bonds is 2. The van der Waals surface area contributed by atoms with Crippen LogP contribution < -0.4 is 10.6 Å². The van der Waals surface area contributed by atoms with E-state index in [9.17, 15) is 0 Å². The molecule has 8 heteroatoms. The van der Waals surface area contributed by atoms with Gasteiger partial charge in [-0.3, -0.25) is 0 Å². The van der Waals surface area contributed by atoms with Gasteiger partial charge in [-0.05, 0) is 11.1 Å². The Morgan fingerprint density at radius 1 is 1.21 bits per heavy atom. The quantitative estimate of drug-likeness (QED) is 0.715. The normalized spacial score (nSPS) is 16.9. The van der Waals surface area contributed by atoms with Gasteiger partial charge in [0.2, 0.25) is 17.7 Å². The van der Waals surface area contributed by atoms with Crippen LogP contribution in [-0.4, -0.2) is 20.2 Å². The summed E-state index contributed by atoms with van der Waals surface area (Å²) in [5, 5.41) is 8.45. The van der Waals surface area contributed by atoms with E-state index in [1.807, 2.05) is 12.1 Å². The van der Waals surface area contributed by atoms with Gasteiger partial charge in [0.25, 0.3) is 0 Å². The number of hydrogen-bond donors (Lipinski definition) is 1. The molecule has 3 heterocycles. The van der Waals surface area contributed by atoms with Crippen molar-refractivity contribution in [1.29, 1.82) is 0 Å². The maximum Gasteiger partial charge on any atom is 0.239 e. The Kier molecular flexibility index (Phi) is 3.57. The molecule has 0 aliphatic carbocycles. The molecule has 0 saturated carbocycles. The van der Waals surface area contributed by atoms with E-state index < -0.39 is 0 Å². The average Bonchev–Trinajstić information content (AvgIpc) is 2.99. The third kappa shape index (κ3) is 2.67. The lowest BCUT2D eigenvalue weighted by Gasteiger charge is -2.35. The summed E-state index contributed by atoms with van der Waals surface area (Å²) in [5.41, 5.74) is 8.24. The number of anilines is 2. The molecule has 2 aromatic heterocycles. The number of aromatic nitrogens is 4. The van der Waals surface area contributed by atoms with Crippen molar-refractivity contribution < 1.29 is 4.42 Å². The molecule has 0 unspecified atom stereocenters. The van der Waals surface area contributed by atoms with Crippen molar-refractivity contribution in [2.45, 2.75) is 25.9 Å². The van der Waals surface area contributed by atoms with Crippen molar-refractivity contribution in [2.24, 2.45) is 0 Å². The van der Waals surface area contributed by atoms with Crippen molar-refractivity contribution in [1.82, 2.24) is 20.2 Å². The van der Waals surface area contributed by atoms with Gasteiger partial charge in [0, 0.05) is 26.0 Å². The highest BCUT2D eigenvalue weighted by Crippen LogP contribution is 2.36. The Bertz CT molecular complexity index is 876. The number of nitrogens with two attached hydrogens (primary N) is 1. The lowest BCUT2D eigenvalue weighted by Crippen LogP contribution is -2.35. The van der Waals surface area contributed by atoms with Gasteiger partial charge in [-0.1, -0.05) is 35.9 Å². The fraction of sp³-hybridized carbons (Fsp3) is 0.250. The number of benzene rings is 1. The molecule has 3 aromatic rings. The highest BCUT2D eigenvalue weighted by Gasteiger charge is 2.32. The molecule has 24 heavy (non-hydrogen) atoms. The SMILES string of the molecule is Cc1nnc([C@@H]2Cc3ccccc3CN2c2cc(Cl)nc(N)n2)o1. The van der Waals surface area contributed by atoms with Crippen LogP contribution in [0.5, 0.6) is 0 Å². The van der Waals surface area contributed by atoms with E-state index in [1.54, 1.807) is 13.0 Å². The predicted molar refractivity (Wildman–Crippen MR) is 89.6 cm³/mol. The molecule has 2 N–H and O–H groups in total. The summed E-state index contributed by atoms with van der Waals surface area (Å²) in [6.07, 6.45) is 0.735. The van der Waals surface area contributed by atoms with Crippen LogP contribution in [0.25, 0.3) is 0 Å². The first kappa shape index (κ1) is 14.9. The number of hydrogen-bond acceptors (Lipinski definition) is 7. The van der Waals surface area contributed by atoms with Crippen LogP contribution in [0.4, 0.5) is 11.8 Å². The van der Waals surface area contributed by atoms with Crippen LogP contribution in [-0.2, 0) is 13.0 Å². The molecule has 0 fully saturated rings. The first-order valence-electron chi connectivity index (χ1n) is 7.53. The zero-order valence-corrected chi connectivity index (χ0v) is 13.7. The minimum atomic E-state index is -0.133. The van der Waals surface area contributed by atoms with Crippen LogP contribution in [0.1, 0.15) is 29.0 Å². The number of nitrogens with zero attached hydrogens (tertiary/aromatic N) is 5. The molecule has 1 aromatic carbocycles. The fourth-order valence-electron chi connectivity index (χ4n) is 3.00. The molecule has 0 spiro atoms. The van der Waals surface area contributed by atoms with Gasteiger partial charge in [0.05, 0.1) is 0 Å². The Morgan fingerprint density at radius 3 is 2.71 bits per heavy atom. The van der Waals surface area contributed by atoms with E-state index in [0.717, 1.165) is 6.42 Å². The Hall–Kier alpha value is -2.67. The number of aryl methyl sites for hydroxylation is 1. The highest BCUT2D eigenvalue weighted by molar-refractivity contribution is 6.29. The summed E-state index contributed by atoms with van der Waals surface area (Å²) in [6.45, 7) is 2.42. The molecule has 0 saturated heterocycles. The van der Waals surface area contributed by atoms with E-state index >= 15 is 0 Å². The number of halogens is 1. The van der Waals surface area contributed by atoms with Gasteiger partial charge in [-0.15, -0.1) is 10.2 Å². The van der Waals surface area contributed by atoms with E-state index in [-0.39, 0.29) is 12.0 Å². The van der Waals surface area contributed by atoms with Crippen molar-refractivity contribution in [3.63, 3.8) is 0 Å². The molecular weight excluding hydrogens is 328 g/mol. The second-order valence-electron chi connectivity index (χ2n) is 5.68. The topological polar surface area (TPSA) is 94.0 Å². The molecule has 1 atom stereocenters. The van der Waals surface area contributed by atoms with Crippen molar-refractivity contribution in [2.75, 3.05) is 10.6 Å². The van der Waals surface area contributed by atoms with E-state index in [1.165, 1.54) is 11.1 Å². The summed E-state index contributed by atoms with van der Waals surface area (Å²) in [7, 11) is 0. The Labute approximate surface area is 143 Å². The van der Waals surface area contributed by atoms with Gasteiger partial charge < -0.3 is 15.1 Å². The van der Waals surface area contributed by atoms with Gasteiger partial charge >= 0.3 is 0 Å². The molecular formula is C16H15ClN6O. The van der Waals surface area contributed by atoms with Crippen LogP contribution in [0.2, 0.25) is 5.15 Å². The monoisotopic (exact) mass is 342 g/mol. The van der Waals surface area contributed by atoms with Gasteiger partial charge in [-0.25, -0.2) is 4.98 Å². The number of nitrogen functional groups attached to an aromatic ring is 1. The summed E-state index contributed by atoms with van der Waals surface area (Å²) in [5.74, 6) is 1.86. The molecule has 4 rings (SSSR count). The predicted octanol–water partition coefficient (Wildman–Crippen LogP) is 2.71. The fourth-order valence-corrected chi connectivity index (χ4v) is 3.19. The summed E-state index contributed by atoms with van der Waals surface area (Å²) in [6, 6.07) is 9.84. The third-order valence-corrected chi connectivity index (χ3v) is 4.26. The lowest BCUT2D eigenvalue weighted by atomic mass is 9.94. The standard InChI is InChI=1S/C16H15ClN6O/c1-9-21-22-15(24-9)12-6-10-4-2-3-5-11(10)8-23(12)14-7-13(17)19-16(18)20-14/h2-5,7,12H,6,8H2,1H3,(H2,18,19,20)/t12-/m0/s1. The van der Waals surface area contributed by atoms with Crippen LogP contribution >= 0.6 is 11.6 Å². The second-order valence-corrected chi connectivity index (χ2v) is 6.07. The zero-order valence-electron chi connectivity index (χ0n) is 13.0. The molecule has 0 amide bonds. The van der Waals surface area contributed by atoms with Crippen molar-refractivity contribution in [3.05, 3.63) is 58.4 Å². The van der Waals surface area contributed by atoms with E-state index in [2.05, 4.69) is 37.2 Å². The maximum absolute atomic E-state index is 6.06. The molecule has 122 valence electrons. The molecule has 7 nitrogen and oxygen atoms in total. The molecule has 1 aliphatic rings. The van der Waals surface area contributed by atoms with E-state index in [4.69, 9.17) is 21.8 Å². The smallest absolute Gasteiger partial charge is 0.239 e. The van der Waals surface area contributed by atoms with E-state index in [0.29, 0.717) is 29.3 Å². The molecule has 0 bridgehead atoms. The largest absolute Gasteiger partial charge is 0.423 e. The average molecular weight is 343 g/mol. The lowest BCUT2D eigenvalue weighted by molar-refractivity contribution is 0.403. The van der Waals surface area contributed by atoms with Crippen LogP contribution in [0.3, 0.4) is 0 Å². The van der Waals surface area contributed by atoms with Gasteiger partial charge in [-0.2, -0.15) is 4.98 Å². The van der Waals surface area contributed by atoms with Crippen LogP contribution in [0.15, 0.2) is 34.7 Å². The third-order valence-electron chi connectivity index (χ3n) is 4.07. The highest BCUT2D eigenvalue weighted by atomic mass is 35.5. The second kappa shape index (κ2) is 5.76.